The molecule has 0 spiro atoms. The number of carbonyl (C=O) groups excluding carboxylic acids is 3. The number of carbonyl (C=O) groups is 5. The summed E-state index contributed by atoms with van der Waals surface area (Å²) in [6, 6.07) is -5.51. The van der Waals surface area contributed by atoms with Crippen LogP contribution in [0.3, 0.4) is 0 Å². The smallest absolute Gasteiger partial charge is 0.326 e. The Kier molecular flexibility index (Phi) is 13.9. The third-order valence-corrected chi connectivity index (χ3v) is 4.70. The quantitative estimate of drug-likeness (QED) is 0.0574. The molecular weight excluding hydrogens is 466 g/mol. The van der Waals surface area contributed by atoms with Crippen molar-refractivity contribution < 1.29 is 39.3 Å². The van der Waals surface area contributed by atoms with E-state index in [0.29, 0.717) is 6.42 Å². The van der Waals surface area contributed by atoms with Gasteiger partial charge in [0.15, 0.2) is 5.96 Å². The lowest BCUT2D eigenvalue weighted by molar-refractivity contribution is -0.148. The molecule has 0 aliphatic rings. The number of rotatable bonds is 16. The van der Waals surface area contributed by atoms with E-state index in [0.717, 1.165) is 0 Å². The lowest BCUT2D eigenvalue weighted by atomic mass is 10.0. The van der Waals surface area contributed by atoms with E-state index in [9.17, 15) is 29.1 Å². The second kappa shape index (κ2) is 15.4. The number of aliphatic carboxylic acids is 2. The lowest BCUT2D eigenvalue weighted by Gasteiger charge is -2.26. The Labute approximate surface area is 202 Å². The van der Waals surface area contributed by atoms with Gasteiger partial charge in [0.1, 0.15) is 18.1 Å². The van der Waals surface area contributed by atoms with Gasteiger partial charge in [-0.05, 0) is 32.1 Å². The van der Waals surface area contributed by atoms with Crippen molar-refractivity contribution in [2.24, 2.45) is 28.1 Å². The monoisotopic (exact) mass is 503 g/mol. The fourth-order valence-corrected chi connectivity index (χ4v) is 2.96. The number of amides is 3. The number of aliphatic hydroxyl groups excluding tert-OH is 1. The highest BCUT2D eigenvalue weighted by molar-refractivity contribution is 5.94. The third-order valence-electron chi connectivity index (χ3n) is 4.70. The molecule has 0 heterocycles. The first kappa shape index (κ1) is 31.5. The fourth-order valence-electron chi connectivity index (χ4n) is 2.96. The van der Waals surface area contributed by atoms with Crippen LogP contribution in [0.2, 0.25) is 0 Å². The molecule has 5 atom stereocenters. The largest absolute Gasteiger partial charge is 0.481 e. The van der Waals surface area contributed by atoms with Gasteiger partial charge in [0, 0.05) is 6.54 Å². The molecule has 0 saturated carbocycles. The Morgan fingerprint density at radius 1 is 0.886 bits per heavy atom. The summed E-state index contributed by atoms with van der Waals surface area (Å²) < 4.78 is 0. The van der Waals surface area contributed by atoms with E-state index in [4.69, 9.17) is 27.4 Å². The van der Waals surface area contributed by atoms with Crippen LogP contribution in [0.25, 0.3) is 0 Å². The molecule has 200 valence electrons. The summed E-state index contributed by atoms with van der Waals surface area (Å²) in [7, 11) is 0. The minimum Gasteiger partial charge on any atom is -0.481 e. The molecule has 0 aromatic rings. The zero-order valence-corrected chi connectivity index (χ0v) is 20.1. The zero-order valence-electron chi connectivity index (χ0n) is 20.1. The van der Waals surface area contributed by atoms with E-state index in [1.54, 1.807) is 0 Å². The normalized spacial score (nSPS) is 15.1. The molecule has 5 unspecified atom stereocenters. The molecule has 35 heavy (non-hydrogen) atoms. The van der Waals surface area contributed by atoms with E-state index in [1.165, 1.54) is 6.92 Å². The number of nitrogens with one attached hydrogen (secondary N) is 3. The molecule has 0 bridgehead atoms. The van der Waals surface area contributed by atoms with Gasteiger partial charge in [-0.3, -0.25) is 24.2 Å². The van der Waals surface area contributed by atoms with Crippen LogP contribution in [0.5, 0.6) is 0 Å². The predicted octanol–water partition coefficient (Wildman–Crippen LogP) is -3.19. The Morgan fingerprint density at radius 3 is 1.91 bits per heavy atom. The number of aliphatic hydroxyl groups is 1. The highest BCUT2D eigenvalue weighted by atomic mass is 16.4. The maximum absolute atomic E-state index is 12.9. The number of nitrogens with zero attached hydrogens (tertiary/aromatic N) is 1. The Bertz CT molecular complexity index is 783. The molecular formula is C20H37N7O8. The van der Waals surface area contributed by atoms with Gasteiger partial charge in [-0.1, -0.05) is 13.8 Å². The lowest BCUT2D eigenvalue weighted by Crippen LogP contribution is -2.60. The van der Waals surface area contributed by atoms with E-state index < -0.39 is 66.4 Å². The average Bonchev–Trinajstić information content (AvgIpc) is 2.71. The number of carboxylic acid groups (broad SMARTS) is 2. The van der Waals surface area contributed by atoms with Gasteiger partial charge in [-0.15, -0.1) is 0 Å². The zero-order chi connectivity index (χ0) is 27.3. The van der Waals surface area contributed by atoms with E-state index >= 15 is 0 Å². The first-order valence-electron chi connectivity index (χ1n) is 11.0. The maximum Gasteiger partial charge on any atom is 0.326 e. The molecule has 0 saturated heterocycles. The van der Waals surface area contributed by atoms with Crippen LogP contribution < -0.4 is 33.2 Å². The molecule has 0 aromatic heterocycles. The van der Waals surface area contributed by atoms with Gasteiger partial charge in [-0.2, -0.15) is 0 Å². The summed E-state index contributed by atoms with van der Waals surface area (Å²) in [4.78, 5) is 63.8. The van der Waals surface area contributed by atoms with Crippen molar-refractivity contribution >= 4 is 35.6 Å². The van der Waals surface area contributed by atoms with Gasteiger partial charge in [0.25, 0.3) is 0 Å². The summed E-state index contributed by atoms with van der Waals surface area (Å²) >= 11 is 0. The number of guanidine groups is 1. The van der Waals surface area contributed by atoms with Gasteiger partial charge < -0.3 is 48.5 Å². The Morgan fingerprint density at radius 2 is 1.46 bits per heavy atom. The van der Waals surface area contributed by atoms with Crippen LogP contribution >= 0.6 is 0 Å². The second-order valence-corrected chi connectivity index (χ2v) is 8.47. The molecule has 0 aliphatic heterocycles. The molecule has 0 aromatic carbocycles. The average molecular weight is 504 g/mol. The summed E-state index contributed by atoms with van der Waals surface area (Å²) in [6.07, 6.45) is -1.74. The topological polar surface area (TPSA) is 273 Å². The van der Waals surface area contributed by atoms with Crippen LogP contribution in [-0.2, 0) is 24.0 Å². The van der Waals surface area contributed by atoms with Crippen molar-refractivity contribution in [3.63, 3.8) is 0 Å². The number of carboxylic acids is 2. The second-order valence-electron chi connectivity index (χ2n) is 8.47. The Balaban J connectivity index is 5.55. The molecule has 15 heteroatoms. The van der Waals surface area contributed by atoms with Crippen LogP contribution in [0, 0.1) is 5.92 Å². The van der Waals surface area contributed by atoms with E-state index in [-0.39, 0.29) is 31.3 Å². The molecule has 0 rings (SSSR count). The first-order chi connectivity index (χ1) is 16.1. The van der Waals surface area contributed by atoms with Crippen molar-refractivity contribution in [2.45, 2.75) is 76.7 Å². The van der Waals surface area contributed by atoms with E-state index in [1.807, 2.05) is 19.2 Å². The third kappa shape index (κ3) is 13.1. The molecule has 12 N–H and O–H groups in total. The Hall–Kier alpha value is -3.46. The van der Waals surface area contributed by atoms with Crippen LogP contribution in [0.1, 0.15) is 46.5 Å². The maximum atomic E-state index is 12.9. The number of hydrogen-bond donors (Lipinski definition) is 9. The molecule has 15 nitrogen and oxygen atoms in total. The summed E-state index contributed by atoms with van der Waals surface area (Å²) in [5.74, 6) is -5.71. The number of hydrogen-bond acceptors (Lipinski definition) is 8. The van der Waals surface area contributed by atoms with Crippen LogP contribution in [0.15, 0.2) is 4.99 Å². The molecule has 0 radical (unpaired) electrons. The van der Waals surface area contributed by atoms with Gasteiger partial charge in [-0.25, -0.2) is 4.79 Å². The SMILES string of the molecule is CC(C)CC(N)C(=O)NC(CCCN=C(N)N)C(=O)NC(C(=O)NC(CC(=O)O)C(=O)O)C(C)O. The van der Waals surface area contributed by atoms with Crippen molar-refractivity contribution in [1.82, 2.24) is 16.0 Å². The molecule has 0 aliphatic carbocycles. The first-order valence-corrected chi connectivity index (χ1v) is 11.0. The minimum absolute atomic E-state index is 0.0493. The summed E-state index contributed by atoms with van der Waals surface area (Å²) in [5, 5.41) is 34.7. The van der Waals surface area contributed by atoms with Crippen molar-refractivity contribution in [3.05, 3.63) is 0 Å². The standard InChI is InChI=1S/C20H37N7O8/c1-9(2)7-11(21)16(31)25-12(5-4-6-24-20(22)23)17(32)27-15(10(3)28)18(33)26-13(19(34)35)8-14(29)30/h9-13,15,28H,4-8,21H2,1-3H3,(H,25,31)(H,26,33)(H,27,32)(H,29,30)(H,34,35)(H4,22,23,24). The summed E-state index contributed by atoms with van der Waals surface area (Å²) in [6.45, 7) is 5.05. The van der Waals surface area contributed by atoms with E-state index in [2.05, 4.69) is 15.6 Å². The van der Waals surface area contributed by atoms with Crippen molar-refractivity contribution in [1.29, 1.82) is 0 Å². The van der Waals surface area contributed by atoms with Gasteiger partial charge in [0.2, 0.25) is 17.7 Å². The molecule has 3 amide bonds. The van der Waals surface area contributed by atoms with Crippen LogP contribution in [0.4, 0.5) is 0 Å². The van der Waals surface area contributed by atoms with Gasteiger partial charge >= 0.3 is 11.9 Å². The molecule has 0 fully saturated rings. The summed E-state index contributed by atoms with van der Waals surface area (Å²) in [5.41, 5.74) is 16.4. The van der Waals surface area contributed by atoms with Crippen LogP contribution in [-0.4, -0.2) is 87.8 Å². The van der Waals surface area contributed by atoms with Crippen molar-refractivity contribution in [2.75, 3.05) is 6.54 Å². The fraction of sp³-hybridized carbons (Fsp3) is 0.700. The minimum atomic E-state index is -1.79. The predicted molar refractivity (Wildman–Crippen MR) is 125 cm³/mol. The highest BCUT2D eigenvalue weighted by Gasteiger charge is 2.33. The van der Waals surface area contributed by atoms with Gasteiger partial charge in [0.05, 0.1) is 18.6 Å². The highest BCUT2D eigenvalue weighted by Crippen LogP contribution is 2.06. The van der Waals surface area contributed by atoms with Crippen molar-refractivity contribution in [3.8, 4) is 0 Å². The number of aliphatic imine (C=N–C) groups is 1. The number of nitrogens with two attached hydrogens (primary N) is 3.